The topological polar surface area (TPSA) is 46.5 Å². The van der Waals surface area contributed by atoms with Gasteiger partial charge < -0.3 is 9.84 Å². The van der Waals surface area contributed by atoms with E-state index in [1.807, 2.05) is 12.1 Å². The normalized spacial score (nSPS) is 19.8. The van der Waals surface area contributed by atoms with Crippen LogP contribution in [-0.2, 0) is 4.79 Å². The van der Waals surface area contributed by atoms with Gasteiger partial charge in [-0.05, 0) is 36.3 Å². The summed E-state index contributed by atoms with van der Waals surface area (Å²) in [6.07, 6.45) is -0.988. The molecule has 0 amide bonds. The maximum Gasteiger partial charge on any atom is 0.342 e. The number of carbonyl (C=O) groups excluding carboxylic acids is 1. The zero-order valence-electron chi connectivity index (χ0n) is 11.3. The van der Waals surface area contributed by atoms with Crippen molar-refractivity contribution in [3.8, 4) is 5.75 Å². The lowest BCUT2D eigenvalue weighted by atomic mass is 9.91. The molecule has 0 fully saturated rings. The van der Waals surface area contributed by atoms with Crippen molar-refractivity contribution in [3.63, 3.8) is 0 Å². The summed E-state index contributed by atoms with van der Waals surface area (Å²) in [7, 11) is 0. The van der Waals surface area contributed by atoms with Crippen molar-refractivity contribution in [1.29, 1.82) is 0 Å². The van der Waals surface area contributed by atoms with E-state index in [1.54, 1.807) is 43.3 Å². The summed E-state index contributed by atoms with van der Waals surface area (Å²) in [5.74, 6) is -0.115. The Bertz CT molecular complexity index is 732. The molecule has 0 aromatic heterocycles. The predicted octanol–water partition coefficient (Wildman–Crippen LogP) is 3.77. The Kier molecular flexibility index (Phi) is 3.53. The lowest BCUT2D eigenvalue weighted by Gasteiger charge is -2.24. The molecule has 1 N–H and O–H groups in total. The number of ether oxygens (including phenoxy) is 1. The van der Waals surface area contributed by atoms with Crippen LogP contribution < -0.4 is 4.74 Å². The Morgan fingerprint density at radius 2 is 1.81 bits per heavy atom. The maximum absolute atomic E-state index is 12.2. The van der Waals surface area contributed by atoms with Gasteiger partial charge in [-0.3, -0.25) is 0 Å². The van der Waals surface area contributed by atoms with E-state index in [0.717, 1.165) is 5.56 Å². The molecule has 1 unspecified atom stereocenters. The summed E-state index contributed by atoms with van der Waals surface area (Å²) in [5.41, 5.74) is 2.36. The van der Waals surface area contributed by atoms with Gasteiger partial charge in [0, 0.05) is 10.6 Å². The molecule has 0 spiro atoms. The highest BCUT2D eigenvalue weighted by Crippen LogP contribution is 2.38. The molecule has 2 aromatic rings. The molecular weight excluding hydrogens is 288 g/mol. The third-order valence-corrected chi connectivity index (χ3v) is 3.84. The third kappa shape index (κ3) is 2.46. The number of aliphatic hydroxyl groups is 1. The molecule has 0 bridgehead atoms. The van der Waals surface area contributed by atoms with Crippen LogP contribution in [0.25, 0.3) is 5.57 Å². The quantitative estimate of drug-likeness (QED) is 0.495. The number of aliphatic hydroxyl groups excluding tert-OH is 1. The lowest BCUT2D eigenvalue weighted by Crippen LogP contribution is -2.24. The van der Waals surface area contributed by atoms with Crippen LogP contribution in [0.2, 0.25) is 5.02 Å². The number of benzene rings is 2. The molecular formula is C17H13ClO3. The molecule has 0 aliphatic carbocycles. The van der Waals surface area contributed by atoms with Crippen LogP contribution in [0.5, 0.6) is 5.75 Å². The second-order valence-electron chi connectivity index (χ2n) is 4.88. The van der Waals surface area contributed by atoms with E-state index in [9.17, 15) is 9.90 Å². The predicted molar refractivity (Wildman–Crippen MR) is 81.1 cm³/mol. The fourth-order valence-corrected chi connectivity index (χ4v) is 2.56. The Balaban J connectivity index is 2.11. The van der Waals surface area contributed by atoms with Gasteiger partial charge in [-0.15, -0.1) is 0 Å². The van der Waals surface area contributed by atoms with Crippen LogP contribution in [0.15, 0.2) is 54.1 Å². The van der Waals surface area contributed by atoms with Crippen molar-refractivity contribution < 1.29 is 14.6 Å². The summed E-state index contributed by atoms with van der Waals surface area (Å²) >= 11 is 5.87. The van der Waals surface area contributed by atoms with Gasteiger partial charge in [0.15, 0.2) is 0 Å². The Hall–Kier alpha value is -2.10. The van der Waals surface area contributed by atoms with Gasteiger partial charge >= 0.3 is 5.97 Å². The van der Waals surface area contributed by atoms with E-state index >= 15 is 0 Å². The van der Waals surface area contributed by atoms with Crippen LogP contribution >= 0.6 is 11.6 Å². The summed E-state index contributed by atoms with van der Waals surface area (Å²) < 4.78 is 5.30. The highest BCUT2D eigenvalue weighted by atomic mass is 35.5. The number of rotatable bonds is 1. The fourth-order valence-electron chi connectivity index (χ4n) is 2.43. The van der Waals surface area contributed by atoms with Crippen molar-refractivity contribution in [2.75, 3.05) is 0 Å². The van der Waals surface area contributed by atoms with Crippen molar-refractivity contribution in [1.82, 2.24) is 0 Å². The van der Waals surface area contributed by atoms with Gasteiger partial charge in [0.1, 0.15) is 11.9 Å². The number of halogens is 1. The van der Waals surface area contributed by atoms with E-state index in [1.165, 1.54) is 0 Å². The van der Waals surface area contributed by atoms with Crippen LogP contribution in [0, 0.1) is 0 Å². The average Bonchev–Trinajstić information content (AvgIpc) is 2.48. The smallest absolute Gasteiger partial charge is 0.342 e. The first-order valence-corrected chi connectivity index (χ1v) is 6.91. The highest BCUT2D eigenvalue weighted by Gasteiger charge is 2.32. The van der Waals surface area contributed by atoms with Gasteiger partial charge in [-0.1, -0.05) is 41.9 Å². The minimum absolute atomic E-state index is 0.260. The van der Waals surface area contributed by atoms with E-state index in [-0.39, 0.29) is 5.57 Å². The van der Waals surface area contributed by atoms with Gasteiger partial charge in [0.2, 0.25) is 0 Å². The molecule has 1 aliphatic heterocycles. The van der Waals surface area contributed by atoms with Crippen molar-refractivity contribution in [3.05, 3.63) is 70.3 Å². The number of hydrogen-bond acceptors (Lipinski definition) is 3. The number of fused-ring (bicyclic) bond motifs is 1. The number of carbonyl (C=O) groups is 1. The van der Waals surface area contributed by atoms with E-state index in [4.69, 9.17) is 16.3 Å². The fraction of sp³-hybridized carbons (Fsp3) is 0.118. The third-order valence-electron chi connectivity index (χ3n) is 3.59. The Morgan fingerprint density at radius 1 is 1.14 bits per heavy atom. The molecule has 21 heavy (non-hydrogen) atoms. The molecule has 1 atom stereocenters. The summed E-state index contributed by atoms with van der Waals surface area (Å²) in [6.45, 7) is 1.79. The monoisotopic (exact) mass is 300 g/mol. The van der Waals surface area contributed by atoms with Crippen molar-refractivity contribution in [2.45, 2.75) is 13.0 Å². The Labute approximate surface area is 127 Å². The van der Waals surface area contributed by atoms with Gasteiger partial charge in [0.25, 0.3) is 0 Å². The number of esters is 1. The summed E-state index contributed by atoms with van der Waals surface area (Å²) in [5, 5.41) is 11.1. The average molecular weight is 301 g/mol. The number of allylic oxidation sites excluding steroid dienone is 1. The highest BCUT2D eigenvalue weighted by molar-refractivity contribution is 6.30. The van der Waals surface area contributed by atoms with E-state index in [0.29, 0.717) is 21.9 Å². The van der Waals surface area contributed by atoms with Crippen LogP contribution in [0.3, 0.4) is 0 Å². The molecule has 2 aromatic carbocycles. The number of hydrogen-bond donors (Lipinski definition) is 1. The Morgan fingerprint density at radius 3 is 2.52 bits per heavy atom. The minimum atomic E-state index is -0.988. The first kappa shape index (κ1) is 13.9. The SMILES string of the molecule is C/C(=C1\C(=O)Oc2ccccc2C1O)c1ccc(Cl)cc1. The lowest BCUT2D eigenvalue weighted by molar-refractivity contribution is -0.132. The standard InChI is InChI=1S/C17H13ClO3/c1-10(11-6-8-12(18)9-7-11)15-16(19)13-4-2-3-5-14(13)21-17(15)20/h2-9,16,19H,1H3/b15-10+. The molecule has 0 saturated carbocycles. The van der Waals surface area contributed by atoms with Crippen molar-refractivity contribution >= 4 is 23.1 Å². The zero-order valence-corrected chi connectivity index (χ0v) is 12.1. The molecule has 4 heteroatoms. The minimum Gasteiger partial charge on any atom is -0.423 e. The summed E-state index contributed by atoms with van der Waals surface area (Å²) in [4.78, 5) is 12.2. The van der Waals surface area contributed by atoms with Gasteiger partial charge in [0.05, 0.1) is 5.57 Å². The van der Waals surface area contributed by atoms with Gasteiger partial charge in [-0.25, -0.2) is 4.79 Å². The molecule has 0 radical (unpaired) electrons. The zero-order chi connectivity index (χ0) is 15.0. The summed E-state index contributed by atoms with van der Waals surface area (Å²) in [6, 6.07) is 14.1. The second-order valence-corrected chi connectivity index (χ2v) is 5.31. The van der Waals surface area contributed by atoms with Gasteiger partial charge in [-0.2, -0.15) is 0 Å². The molecule has 1 heterocycles. The van der Waals surface area contributed by atoms with Crippen LogP contribution in [-0.4, -0.2) is 11.1 Å². The molecule has 106 valence electrons. The maximum atomic E-state index is 12.2. The first-order valence-electron chi connectivity index (χ1n) is 6.54. The second kappa shape index (κ2) is 5.35. The molecule has 0 saturated heterocycles. The molecule has 1 aliphatic rings. The molecule has 3 rings (SSSR count). The van der Waals surface area contributed by atoms with Crippen LogP contribution in [0.4, 0.5) is 0 Å². The van der Waals surface area contributed by atoms with E-state index < -0.39 is 12.1 Å². The number of para-hydroxylation sites is 1. The first-order chi connectivity index (χ1) is 10.1. The van der Waals surface area contributed by atoms with E-state index in [2.05, 4.69) is 0 Å². The molecule has 3 nitrogen and oxygen atoms in total. The van der Waals surface area contributed by atoms with Crippen molar-refractivity contribution in [2.24, 2.45) is 0 Å². The van der Waals surface area contributed by atoms with Crippen LogP contribution in [0.1, 0.15) is 24.2 Å². The largest absolute Gasteiger partial charge is 0.423 e.